The van der Waals surface area contributed by atoms with E-state index in [-0.39, 0.29) is 17.4 Å². The molecule has 21 heavy (non-hydrogen) atoms. The highest BCUT2D eigenvalue weighted by Gasteiger charge is 2.27. The van der Waals surface area contributed by atoms with Crippen LogP contribution in [-0.4, -0.2) is 69.5 Å². The van der Waals surface area contributed by atoms with Gasteiger partial charge in [0.15, 0.2) is 0 Å². The number of nitrogens with one attached hydrogen (secondary N) is 1. The van der Waals surface area contributed by atoms with Crippen LogP contribution in [0.4, 0.5) is 0 Å². The SMILES string of the molecule is CCC(C)(C)C(=O)NCC1CN(CCOCCN)CCO1. The second kappa shape index (κ2) is 9.35. The largest absolute Gasteiger partial charge is 0.379 e. The van der Waals surface area contributed by atoms with Gasteiger partial charge in [-0.25, -0.2) is 0 Å². The van der Waals surface area contributed by atoms with Crippen molar-refractivity contribution >= 4 is 5.91 Å². The molecule has 3 N–H and O–H groups in total. The lowest BCUT2D eigenvalue weighted by Gasteiger charge is -2.33. The highest BCUT2D eigenvalue weighted by atomic mass is 16.5. The molecule has 1 atom stereocenters. The molecule has 1 saturated heterocycles. The van der Waals surface area contributed by atoms with Crippen molar-refractivity contribution < 1.29 is 14.3 Å². The van der Waals surface area contributed by atoms with Gasteiger partial charge in [-0.2, -0.15) is 0 Å². The number of hydrogen-bond donors (Lipinski definition) is 2. The van der Waals surface area contributed by atoms with Crippen LogP contribution < -0.4 is 11.1 Å². The average Bonchev–Trinajstić information content (AvgIpc) is 2.49. The molecular weight excluding hydrogens is 270 g/mol. The van der Waals surface area contributed by atoms with Gasteiger partial charge in [0.2, 0.25) is 5.91 Å². The third-order valence-electron chi connectivity index (χ3n) is 4.03. The topological polar surface area (TPSA) is 76.8 Å². The summed E-state index contributed by atoms with van der Waals surface area (Å²) in [7, 11) is 0. The van der Waals surface area contributed by atoms with Crippen LogP contribution in [0.15, 0.2) is 0 Å². The van der Waals surface area contributed by atoms with Crippen molar-refractivity contribution in [1.29, 1.82) is 0 Å². The highest BCUT2D eigenvalue weighted by Crippen LogP contribution is 2.19. The fourth-order valence-electron chi connectivity index (χ4n) is 2.09. The molecule has 6 heteroatoms. The number of nitrogens with zero attached hydrogens (tertiary/aromatic N) is 1. The lowest BCUT2D eigenvalue weighted by Crippen LogP contribution is -2.49. The second-order valence-electron chi connectivity index (χ2n) is 6.14. The molecule has 6 nitrogen and oxygen atoms in total. The zero-order valence-electron chi connectivity index (χ0n) is 13.7. The molecule has 1 amide bonds. The molecule has 0 bridgehead atoms. The summed E-state index contributed by atoms with van der Waals surface area (Å²) < 4.78 is 11.1. The van der Waals surface area contributed by atoms with Gasteiger partial charge in [-0.15, -0.1) is 0 Å². The van der Waals surface area contributed by atoms with Gasteiger partial charge < -0.3 is 20.5 Å². The zero-order chi connectivity index (χ0) is 15.7. The highest BCUT2D eigenvalue weighted by molar-refractivity contribution is 5.81. The van der Waals surface area contributed by atoms with Gasteiger partial charge >= 0.3 is 0 Å². The molecule has 1 unspecified atom stereocenters. The van der Waals surface area contributed by atoms with Gasteiger partial charge in [-0.05, 0) is 6.42 Å². The molecule has 0 spiro atoms. The van der Waals surface area contributed by atoms with E-state index in [1.807, 2.05) is 20.8 Å². The summed E-state index contributed by atoms with van der Waals surface area (Å²) in [4.78, 5) is 14.4. The minimum atomic E-state index is -0.315. The zero-order valence-corrected chi connectivity index (χ0v) is 13.7. The van der Waals surface area contributed by atoms with E-state index in [2.05, 4.69) is 10.2 Å². The van der Waals surface area contributed by atoms with Crippen LogP contribution in [0.2, 0.25) is 0 Å². The summed E-state index contributed by atoms with van der Waals surface area (Å²) >= 11 is 0. The maximum Gasteiger partial charge on any atom is 0.225 e. The normalized spacial score (nSPS) is 20.5. The second-order valence-corrected chi connectivity index (χ2v) is 6.14. The van der Waals surface area contributed by atoms with E-state index in [1.54, 1.807) is 0 Å². The van der Waals surface area contributed by atoms with Crippen molar-refractivity contribution in [3.63, 3.8) is 0 Å². The van der Waals surface area contributed by atoms with Crippen molar-refractivity contribution in [2.75, 3.05) is 52.5 Å². The van der Waals surface area contributed by atoms with Gasteiger partial charge in [0.25, 0.3) is 0 Å². The third-order valence-corrected chi connectivity index (χ3v) is 4.03. The molecule has 0 aromatic rings. The van der Waals surface area contributed by atoms with Gasteiger partial charge in [-0.1, -0.05) is 20.8 Å². The Morgan fingerprint density at radius 1 is 1.48 bits per heavy atom. The molecule has 124 valence electrons. The Morgan fingerprint density at radius 2 is 2.24 bits per heavy atom. The molecule has 0 saturated carbocycles. The smallest absolute Gasteiger partial charge is 0.225 e. The van der Waals surface area contributed by atoms with Gasteiger partial charge in [0, 0.05) is 38.1 Å². The monoisotopic (exact) mass is 301 g/mol. The van der Waals surface area contributed by atoms with Crippen molar-refractivity contribution in [3.8, 4) is 0 Å². The predicted octanol–water partition coefficient (Wildman–Crippen LogP) is 0.215. The van der Waals surface area contributed by atoms with Crippen LogP contribution in [0.5, 0.6) is 0 Å². The fraction of sp³-hybridized carbons (Fsp3) is 0.933. The average molecular weight is 301 g/mol. The van der Waals surface area contributed by atoms with Crippen LogP contribution in [0.1, 0.15) is 27.2 Å². The van der Waals surface area contributed by atoms with E-state index < -0.39 is 0 Å². The Morgan fingerprint density at radius 3 is 2.90 bits per heavy atom. The summed E-state index contributed by atoms with van der Waals surface area (Å²) in [5.41, 5.74) is 5.07. The number of hydrogen-bond acceptors (Lipinski definition) is 5. The Hall–Kier alpha value is -0.690. The van der Waals surface area contributed by atoms with Gasteiger partial charge in [-0.3, -0.25) is 9.69 Å². The first-order valence-electron chi connectivity index (χ1n) is 7.89. The summed E-state index contributed by atoms with van der Waals surface area (Å²) in [6.45, 7) is 11.7. The molecule has 1 aliphatic rings. The van der Waals surface area contributed by atoms with Crippen molar-refractivity contribution in [3.05, 3.63) is 0 Å². The van der Waals surface area contributed by atoms with Gasteiger partial charge in [0.05, 0.1) is 25.9 Å². The molecule has 0 aromatic carbocycles. The minimum absolute atomic E-state index is 0.0601. The molecular formula is C15H31N3O3. The molecule has 0 aliphatic carbocycles. The summed E-state index contributed by atoms with van der Waals surface area (Å²) in [5, 5.41) is 3.00. The van der Waals surface area contributed by atoms with E-state index in [4.69, 9.17) is 15.2 Å². The van der Waals surface area contributed by atoms with Gasteiger partial charge in [0.1, 0.15) is 0 Å². The number of nitrogens with two attached hydrogens (primary N) is 1. The summed E-state index contributed by atoms with van der Waals surface area (Å²) in [5.74, 6) is 0.0944. The predicted molar refractivity (Wildman–Crippen MR) is 83.1 cm³/mol. The van der Waals surface area contributed by atoms with Crippen LogP contribution in [0, 0.1) is 5.41 Å². The van der Waals surface area contributed by atoms with Crippen LogP contribution in [0.3, 0.4) is 0 Å². The Kier molecular flexibility index (Phi) is 8.18. The van der Waals surface area contributed by atoms with E-state index in [0.717, 1.165) is 26.1 Å². The lowest BCUT2D eigenvalue weighted by molar-refractivity contribution is -0.130. The number of carbonyl (C=O) groups excluding carboxylic acids is 1. The number of carbonyl (C=O) groups is 1. The first kappa shape index (κ1) is 18.4. The molecule has 1 rings (SSSR count). The van der Waals surface area contributed by atoms with Crippen molar-refractivity contribution in [1.82, 2.24) is 10.2 Å². The van der Waals surface area contributed by atoms with Crippen LogP contribution in [0.25, 0.3) is 0 Å². The Bertz CT molecular complexity index is 311. The number of rotatable bonds is 9. The maximum absolute atomic E-state index is 12.1. The molecule has 1 heterocycles. The molecule has 0 aromatic heterocycles. The van der Waals surface area contributed by atoms with E-state index in [0.29, 0.717) is 32.9 Å². The van der Waals surface area contributed by atoms with E-state index in [1.165, 1.54) is 0 Å². The quantitative estimate of drug-likeness (QED) is 0.596. The minimum Gasteiger partial charge on any atom is -0.379 e. The Labute approximate surface area is 128 Å². The van der Waals surface area contributed by atoms with Crippen LogP contribution in [-0.2, 0) is 14.3 Å². The summed E-state index contributed by atoms with van der Waals surface area (Å²) in [6, 6.07) is 0. The van der Waals surface area contributed by atoms with E-state index in [9.17, 15) is 4.79 Å². The number of morpholine rings is 1. The maximum atomic E-state index is 12.1. The molecule has 1 aliphatic heterocycles. The molecule has 0 radical (unpaired) electrons. The van der Waals surface area contributed by atoms with E-state index >= 15 is 0 Å². The first-order valence-corrected chi connectivity index (χ1v) is 7.89. The van der Waals surface area contributed by atoms with Crippen molar-refractivity contribution in [2.24, 2.45) is 11.1 Å². The Balaban J connectivity index is 2.25. The lowest BCUT2D eigenvalue weighted by atomic mass is 9.89. The standard InChI is InChI=1S/C15H31N3O3/c1-4-15(2,3)14(19)17-11-13-12-18(7-10-21-13)6-9-20-8-5-16/h13H,4-12,16H2,1-3H3,(H,17,19). The molecule has 1 fully saturated rings. The third kappa shape index (κ3) is 6.74. The fourth-order valence-corrected chi connectivity index (χ4v) is 2.09. The van der Waals surface area contributed by atoms with Crippen molar-refractivity contribution in [2.45, 2.75) is 33.3 Å². The number of amides is 1. The number of ether oxygens (including phenoxy) is 2. The summed E-state index contributed by atoms with van der Waals surface area (Å²) in [6.07, 6.45) is 0.888. The van der Waals surface area contributed by atoms with Crippen LogP contribution >= 0.6 is 0 Å². The first-order chi connectivity index (χ1) is 9.99.